The van der Waals surface area contributed by atoms with Crippen LogP contribution in [0.1, 0.15) is 28.8 Å². The predicted molar refractivity (Wildman–Crippen MR) is 91.4 cm³/mol. The lowest BCUT2D eigenvalue weighted by atomic mass is 9.73. The smallest absolute Gasteiger partial charge is 0.317 e. The van der Waals surface area contributed by atoms with Crippen molar-refractivity contribution >= 4 is 11.9 Å². The van der Waals surface area contributed by atoms with Gasteiger partial charge in [0.15, 0.2) is 0 Å². The molecule has 3 aliphatic heterocycles. The summed E-state index contributed by atoms with van der Waals surface area (Å²) in [4.78, 5) is 25.4. The van der Waals surface area contributed by atoms with E-state index in [1.807, 2.05) is 4.90 Å². The lowest BCUT2D eigenvalue weighted by molar-refractivity contribution is -0.138. The van der Waals surface area contributed by atoms with Crippen LogP contribution in [0.5, 0.6) is 0 Å². The SMILES string of the molecule is Cc1ccc(F)cc1C(=O)NC[C@H]1[C@H]2CN(CC(=O)O)C[C@]23CC[C@H]1O3. The third-order valence-corrected chi connectivity index (χ3v) is 6.16. The van der Waals surface area contributed by atoms with Gasteiger partial charge in [0.2, 0.25) is 0 Å². The van der Waals surface area contributed by atoms with E-state index < -0.39 is 11.8 Å². The zero-order valence-corrected chi connectivity index (χ0v) is 14.7. The second kappa shape index (κ2) is 6.32. The van der Waals surface area contributed by atoms with E-state index in [1.54, 1.807) is 13.0 Å². The molecule has 6 nitrogen and oxygen atoms in total. The molecular formula is C19H23FN2O4. The number of fused-ring (bicyclic) bond motifs is 1. The van der Waals surface area contributed by atoms with Gasteiger partial charge < -0.3 is 15.2 Å². The van der Waals surface area contributed by atoms with Crippen molar-refractivity contribution in [1.82, 2.24) is 10.2 Å². The Morgan fingerprint density at radius 3 is 3.04 bits per heavy atom. The number of hydrogen-bond donors (Lipinski definition) is 2. The molecule has 3 heterocycles. The molecule has 0 radical (unpaired) electrons. The molecule has 4 atom stereocenters. The van der Waals surface area contributed by atoms with Crippen molar-refractivity contribution in [3.8, 4) is 0 Å². The molecule has 1 aromatic rings. The highest BCUT2D eigenvalue weighted by Crippen LogP contribution is 2.54. The summed E-state index contributed by atoms with van der Waals surface area (Å²) in [5.74, 6) is -1.14. The summed E-state index contributed by atoms with van der Waals surface area (Å²) in [5, 5.41) is 12.0. The standard InChI is InChI=1S/C19H23FN2O4/c1-11-2-3-12(20)6-13(11)18(25)21-7-14-15-8-22(9-17(23)24)10-19(15)5-4-16(14)26-19/h2-3,6,14-16H,4-5,7-10H2,1H3,(H,21,25)(H,23,24)/t14-,15+,16+,19+/m0/s1. The molecule has 3 aliphatic rings. The molecule has 0 unspecified atom stereocenters. The highest BCUT2D eigenvalue weighted by atomic mass is 19.1. The van der Waals surface area contributed by atoms with Crippen molar-refractivity contribution in [1.29, 1.82) is 0 Å². The lowest BCUT2D eigenvalue weighted by Crippen LogP contribution is -2.42. The van der Waals surface area contributed by atoms with E-state index in [1.165, 1.54) is 12.1 Å². The molecule has 26 heavy (non-hydrogen) atoms. The second-order valence-electron chi connectivity index (χ2n) is 7.76. The zero-order chi connectivity index (χ0) is 18.5. The molecule has 3 saturated heterocycles. The molecule has 1 spiro atoms. The fourth-order valence-electron chi connectivity index (χ4n) is 5.02. The van der Waals surface area contributed by atoms with Crippen LogP contribution >= 0.6 is 0 Å². The van der Waals surface area contributed by atoms with Gasteiger partial charge in [0, 0.05) is 37.0 Å². The van der Waals surface area contributed by atoms with E-state index >= 15 is 0 Å². The van der Waals surface area contributed by atoms with Crippen molar-refractivity contribution in [2.45, 2.75) is 31.5 Å². The van der Waals surface area contributed by atoms with Gasteiger partial charge in [-0.15, -0.1) is 0 Å². The van der Waals surface area contributed by atoms with Gasteiger partial charge >= 0.3 is 5.97 Å². The van der Waals surface area contributed by atoms with Gasteiger partial charge in [-0.3, -0.25) is 14.5 Å². The molecule has 0 aromatic heterocycles. The van der Waals surface area contributed by atoms with Crippen LogP contribution in [0.25, 0.3) is 0 Å². The first kappa shape index (κ1) is 17.4. The number of carboxylic acids is 1. The van der Waals surface area contributed by atoms with Gasteiger partial charge in [0.1, 0.15) is 5.82 Å². The van der Waals surface area contributed by atoms with Crippen LogP contribution in [0.4, 0.5) is 4.39 Å². The van der Waals surface area contributed by atoms with Gasteiger partial charge in [-0.1, -0.05) is 6.07 Å². The number of hydrogen-bond acceptors (Lipinski definition) is 4. The fraction of sp³-hybridized carbons (Fsp3) is 0.579. The van der Waals surface area contributed by atoms with Crippen LogP contribution < -0.4 is 5.32 Å². The molecule has 7 heteroatoms. The average Bonchev–Trinajstić information content (AvgIpc) is 3.22. The number of amides is 1. The molecule has 1 amide bonds. The largest absolute Gasteiger partial charge is 0.480 e. The fourth-order valence-corrected chi connectivity index (χ4v) is 5.02. The van der Waals surface area contributed by atoms with Crippen LogP contribution in [0, 0.1) is 24.6 Å². The maximum Gasteiger partial charge on any atom is 0.317 e. The van der Waals surface area contributed by atoms with E-state index in [9.17, 15) is 14.0 Å². The Morgan fingerprint density at radius 2 is 2.27 bits per heavy atom. The quantitative estimate of drug-likeness (QED) is 0.828. The molecule has 1 aromatic carbocycles. The van der Waals surface area contributed by atoms with Crippen LogP contribution in [0.2, 0.25) is 0 Å². The number of aliphatic carboxylic acids is 1. The maximum absolute atomic E-state index is 13.4. The Morgan fingerprint density at radius 1 is 1.46 bits per heavy atom. The summed E-state index contributed by atoms with van der Waals surface area (Å²) >= 11 is 0. The highest BCUT2D eigenvalue weighted by Gasteiger charge is 2.62. The number of nitrogens with one attached hydrogen (secondary N) is 1. The molecule has 0 aliphatic carbocycles. The van der Waals surface area contributed by atoms with Crippen LogP contribution in [-0.4, -0.2) is 59.8 Å². The molecule has 140 valence electrons. The summed E-state index contributed by atoms with van der Waals surface area (Å²) in [6.45, 7) is 3.60. The van der Waals surface area contributed by atoms with E-state index in [4.69, 9.17) is 9.84 Å². The van der Waals surface area contributed by atoms with Gasteiger partial charge in [-0.05, 0) is 37.5 Å². The van der Waals surface area contributed by atoms with Gasteiger partial charge in [0.25, 0.3) is 5.91 Å². The van der Waals surface area contributed by atoms with Crippen molar-refractivity contribution < 1.29 is 23.8 Å². The second-order valence-corrected chi connectivity index (χ2v) is 7.76. The first-order valence-electron chi connectivity index (χ1n) is 9.04. The number of carbonyl (C=O) groups excluding carboxylic acids is 1. The van der Waals surface area contributed by atoms with E-state index in [0.717, 1.165) is 18.4 Å². The van der Waals surface area contributed by atoms with Gasteiger partial charge in [-0.2, -0.15) is 0 Å². The predicted octanol–water partition coefficient (Wildman–Crippen LogP) is 1.43. The Bertz CT molecular complexity index is 755. The Labute approximate surface area is 151 Å². The Balaban J connectivity index is 1.43. The summed E-state index contributed by atoms with van der Waals surface area (Å²) < 4.78 is 19.7. The van der Waals surface area contributed by atoms with Crippen molar-refractivity contribution in [3.63, 3.8) is 0 Å². The molecule has 2 bridgehead atoms. The third-order valence-electron chi connectivity index (χ3n) is 6.16. The van der Waals surface area contributed by atoms with E-state index in [0.29, 0.717) is 25.2 Å². The lowest BCUT2D eigenvalue weighted by Gasteiger charge is -2.29. The summed E-state index contributed by atoms with van der Waals surface area (Å²) in [5.41, 5.74) is 0.824. The maximum atomic E-state index is 13.4. The van der Waals surface area contributed by atoms with E-state index in [2.05, 4.69) is 5.32 Å². The number of aryl methyl sites for hydroxylation is 1. The number of carbonyl (C=O) groups is 2. The molecule has 4 rings (SSSR count). The Kier molecular flexibility index (Phi) is 4.23. The number of nitrogens with zero attached hydrogens (tertiary/aromatic N) is 1. The monoisotopic (exact) mass is 362 g/mol. The summed E-state index contributed by atoms with van der Waals surface area (Å²) in [7, 11) is 0. The zero-order valence-electron chi connectivity index (χ0n) is 14.7. The first-order valence-corrected chi connectivity index (χ1v) is 9.04. The number of halogens is 1. The molecule has 2 N–H and O–H groups in total. The summed E-state index contributed by atoms with van der Waals surface area (Å²) in [6.07, 6.45) is 2.00. The average molecular weight is 362 g/mol. The summed E-state index contributed by atoms with van der Waals surface area (Å²) in [6, 6.07) is 4.20. The van der Waals surface area contributed by atoms with Gasteiger partial charge in [-0.25, -0.2) is 4.39 Å². The van der Waals surface area contributed by atoms with Crippen LogP contribution in [0.15, 0.2) is 18.2 Å². The molecule has 0 saturated carbocycles. The van der Waals surface area contributed by atoms with Crippen LogP contribution in [0.3, 0.4) is 0 Å². The minimum atomic E-state index is -0.831. The highest BCUT2D eigenvalue weighted by molar-refractivity contribution is 5.95. The number of rotatable bonds is 5. The first-order chi connectivity index (χ1) is 12.4. The van der Waals surface area contributed by atoms with Gasteiger partial charge in [0.05, 0.1) is 18.2 Å². The normalized spacial score (nSPS) is 32.6. The van der Waals surface area contributed by atoms with Crippen molar-refractivity contribution in [3.05, 3.63) is 35.1 Å². The topological polar surface area (TPSA) is 78.9 Å². The van der Waals surface area contributed by atoms with Crippen molar-refractivity contribution in [2.75, 3.05) is 26.2 Å². The number of likely N-dealkylation sites (tertiary alicyclic amines) is 1. The number of carboxylic acid groups (broad SMARTS) is 1. The minimum absolute atomic E-state index is 0.0217. The van der Waals surface area contributed by atoms with Crippen molar-refractivity contribution in [2.24, 2.45) is 11.8 Å². The molecular weight excluding hydrogens is 339 g/mol. The minimum Gasteiger partial charge on any atom is -0.480 e. The number of ether oxygens (including phenoxy) is 1. The number of benzene rings is 1. The molecule has 3 fully saturated rings. The van der Waals surface area contributed by atoms with Crippen LogP contribution in [-0.2, 0) is 9.53 Å². The Hall–Kier alpha value is -1.99. The van der Waals surface area contributed by atoms with E-state index in [-0.39, 0.29) is 36.0 Å². The third kappa shape index (κ3) is 2.89.